The fourth-order valence-electron chi connectivity index (χ4n) is 5.42. The number of hydrogen-bond acceptors (Lipinski definition) is 14. The molecule has 0 unspecified atom stereocenters. The summed E-state index contributed by atoms with van der Waals surface area (Å²) < 4.78 is 128. The van der Waals surface area contributed by atoms with Gasteiger partial charge in [0.1, 0.15) is 6.07 Å². The van der Waals surface area contributed by atoms with Crippen molar-refractivity contribution in [2.24, 2.45) is 10.9 Å². The minimum atomic E-state index is -4.39. The van der Waals surface area contributed by atoms with E-state index in [4.69, 9.17) is 35.2 Å². The number of anilines is 1. The van der Waals surface area contributed by atoms with Gasteiger partial charge in [0.05, 0.1) is 48.1 Å². The van der Waals surface area contributed by atoms with Crippen molar-refractivity contribution in [1.29, 1.82) is 5.26 Å². The average molecular weight is 922 g/mol. The highest BCUT2D eigenvalue weighted by Crippen LogP contribution is 2.34. The van der Waals surface area contributed by atoms with Crippen molar-refractivity contribution in [3.8, 4) is 40.0 Å². The van der Waals surface area contributed by atoms with Crippen LogP contribution in [0.5, 0.6) is 0 Å². The average Bonchev–Trinajstić information content (AvgIpc) is 4.08. The Kier molecular flexibility index (Phi) is 14.1. The molecule has 0 aliphatic carbocycles. The minimum absolute atomic E-state index is 0.0186. The number of nitrogens with zero attached hydrogens (tertiary/aromatic N) is 9. The largest absolute Gasteiger partial charge is 0.440 e. The van der Waals surface area contributed by atoms with Crippen LogP contribution in [0.4, 0.5) is 45.5 Å². The highest BCUT2D eigenvalue weighted by molar-refractivity contribution is 5.93. The Bertz CT molecular complexity index is 2900. The maximum atomic E-state index is 12.6. The molecule has 0 atom stereocenters. The lowest BCUT2D eigenvalue weighted by Crippen LogP contribution is -2.17. The number of oxime groups is 1. The Morgan fingerprint density at radius 1 is 0.530 bits per heavy atom. The Morgan fingerprint density at radius 2 is 0.879 bits per heavy atom. The first kappa shape index (κ1) is 46.9. The van der Waals surface area contributed by atoms with Gasteiger partial charge in [-0.05, 0) is 47.5 Å². The maximum absolute atomic E-state index is 12.6. The lowest BCUT2D eigenvalue weighted by molar-refractivity contribution is -0.138. The molecule has 15 nitrogen and oxygen atoms in total. The second-order valence-corrected chi connectivity index (χ2v) is 13.3. The molecule has 0 amide bonds. The third-order valence-electron chi connectivity index (χ3n) is 8.68. The Morgan fingerprint density at radius 3 is 1.20 bits per heavy atom. The number of rotatable bonds is 8. The third-order valence-corrected chi connectivity index (χ3v) is 8.68. The number of nitrogens with two attached hydrogens (primary N) is 2. The highest BCUT2D eigenvalue weighted by Gasteiger charge is 2.32. The number of benzene rings is 3. The van der Waals surface area contributed by atoms with Gasteiger partial charge in [-0.25, -0.2) is 34.9 Å². The van der Waals surface area contributed by atoms with E-state index in [2.05, 4.69) is 40.0 Å². The Labute approximate surface area is 365 Å². The van der Waals surface area contributed by atoms with Crippen molar-refractivity contribution in [3.05, 3.63) is 167 Å². The molecule has 0 radical (unpaired) electrons. The fourth-order valence-corrected chi connectivity index (χ4v) is 5.42. The molecule has 0 aliphatic rings. The summed E-state index contributed by atoms with van der Waals surface area (Å²) in [6.07, 6.45) is -2.33. The molecule has 5 heterocycles. The van der Waals surface area contributed by atoms with Crippen LogP contribution in [0.15, 0.2) is 135 Å². The van der Waals surface area contributed by atoms with Crippen LogP contribution in [0.3, 0.4) is 0 Å². The van der Waals surface area contributed by atoms with Gasteiger partial charge in [-0.15, -0.1) is 0 Å². The van der Waals surface area contributed by atoms with Crippen molar-refractivity contribution < 1.29 is 58.0 Å². The first-order chi connectivity index (χ1) is 31.3. The molecule has 0 saturated heterocycles. The number of halogens is 9. The van der Waals surface area contributed by atoms with E-state index >= 15 is 0 Å². The Hall–Kier alpha value is -8.62. The third kappa shape index (κ3) is 12.5. The number of nitriles is 1. The van der Waals surface area contributed by atoms with Gasteiger partial charge in [0, 0.05) is 41.5 Å². The van der Waals surface area contributed by atoms with Crippen LogP contribution < -0.4 is 11.5 Å². The zero-order valence-corrected chi connectivity index (χ0v) is 33.1. The van der Waals surface area contributed by atoms with Crippen LogP contribution >= 0.6 is 0 Å². The van der Waals surface area contributed by atoms with Crippen molar-refractivity contribution in [1.82, 2.24) is 34.9 Å². The molecule has 5 aromatic heterocycles. The molecule has 0 aliphatic heterocycles. The van der Waals surface area contributed by atoms with Crippen LogP contribution in [0.1, 0.15) is 51.2 Å². The summed E-state index contributed by atoms with van der Waals surface area (Å²) >= 11 is 0. The van der Waals surface area contributed by atoms with Gasteiger partial charge in [0.15, 0.2) is 34.9 Å². The van der Waals surface area contributed by atoms with E-state index in [1.54, 1.807) is 0 Å². The standard InChI is InChI=1S/C16H12F3N5O2.C16H9F3N4O.C10H7F3N2O/c17-16(18,19)11-3-1-10(2-4-11)12-8-21-13(26-12)5-9-6-22-15(23-7-9)14(20)24-25;17-16(18,19)12-3-1-11(2-4-12)13-9-23-15(24-13)5-10-7-21-14(6-20)22-8-10;11-10(12,13)7-3-1-6(2-4-7)8-5-15-9(14)16-8/h1-4,6-8,25H,5H2,(H2,20,24);1-4,7-9H,5H2;1-5H,(H2,14,15). The summed E-state index contributed by atoms with van der Waals surface area (Å²) in [5.41, 5.74) is 11.3. The summed E-state index contributed by atoms with van der Waals surface area (Å²) in [6.45, 7) is 0. The predicted molar refractivity (Wildman–Crippen MR) is 212 cm³/mol. The number of alkyl halides is 9. The monoisotopic (exact) mass is 921 g/mol. The Balaban J connectivity index is 0.000000168. The van der Waals surface area contributed by atoms with E-state index in [0.29, 0.717) is 63.3 Å². The van der Waals surface area contributed by atoms with Gasteiger partial charge in [-0.2, -0.15) is 44.8 Å². The molecule has 66 heavy (non-hydrogen) atoms. The molecule has 8 aromatic rings. The van der Waals surface area contributed by atoms with Crippen molar-refractivity contribution >= 4 is 11.9 Å². The molecule has 24 heteroatoms. The number of hydrogen-bond donors (Lipinski definition) is 3. The minimum Gasteiger partial charge on any atom is -0.440 e. The van der Waals surface area contributed by atoms with Gasteiger partial charge >= 0.3 is 18.5 Å². The van der Waals surface area contributed by atoms with Gasteiger partial charge in [0.2, 0.25) is 11.7 Å². The molecule has 8 rings (SSSR count). The van der Waals surface area contributed by atoms with Crippen LogP contribution in [0.25, 0.3) is 34.0 Å². The van der Waals surface area contributed by atoms with E-state index in [9.17, 15) is 39.5 Å². The smallest absolute Gasteiger partial charge is 0.416 e. The zero-order valence-electron chi connectivity index (χ0n) is 33.1. The topological polar surface area (TPSA) is 238 Å². The van der Waals surface area contributed by atoms with E-state index in [1.165, 1.54) is 79.8 Å². The SMILES string of the molecule is N#Cc1ncc(Cc2ncc(-c3ccc(C(F)(F)F)cc3)o2)cn1.N/C(=N\O)c1ncc(Cc2ncc(-c3ccc(C(F)(F)F)cc3)o2)cn1.Nc1ncc(-c2ccc(C(F)(F)F)cc2)o1. The first-order valence-corrected chi connectivity index (χ1v) is 18.4. The van der Waals surface area contributed by atoms with Crippen LogP contribution in [-0.4, -0.2) is 45.9 Å². The van der Waals surface area contributed by atoms with E-state index < -0.39 is 35.2 Å². The van der Waals surface area contributed by atoms with Crippen LogP contribution in [-0.2, 0) is 31.4 Å². The van der Waals surface area contributed by atoms with Gasteiger partial charge in [-0.1, -0.05) is 41.6 Å². The second kappa shape index (κ2) is 19.8. The molecule has 338 valence electrons. The molecule has 0 saturated carbocycles. The number of amidine groups is 1. The van der Waals surface area contributed by atoms with Crippen LogP contribution in [0, 0.1) is 11.3 Å². The van der Waals surface area contributed by atoms with Gasteiger partial charge < -0.3 is 29.9 Å². The van der Waals surface area contributed by atoms with Crippen molar-refractivity contribution in [3.63, 3.8) is 0 Å². The molecule has 0 bridgehead atoms. The van der Waals surface area contributed by atoms with E-state index in [1.807, 2.05) is 6.07 Å². The predicted octanol–water partition coefficient (Wildman–Crippen LogP) is 9.39. The summed E-state index contributed by atoms with van der Waals surface area (Å²) in [4.78, 5) is 27.4. The summed E-state index contributed by atoms with van der Waals surface area (Å²) in [7, 11) is 0. The highest BCUT2D eigenvalue weighted by atomic mass is 19.4. The summed E-state index contributed by atoms with van der Waals surface area (Å²) in [6, 6.07) is 15.6. The van der Waals surface area contributed by atoms with Crippen molar-refractivity contribution in [2.45, 2.75) is 31.4 Å². The molecular formula is C42H28F9N11O4. The molecule has 5 N–H and O–H groups in total. The van der Waals surface area contributed by atoms with E-state index in [0.717, 1.165) is 36.4 Å². The summed E-state index contributed by atoms with van der Waals surface area (Å²) in [5, 5.41) is 20.0. The van der Waals surface area contributed by atoms with Crippen LogP contribution in [0.2, 0.25) is 0 Å². The zero-order chi connectivity index (χ0) is 47.6. The number of aromatic nitrogens is 7. The quantitative estimate of drug-likeness (QED) is 0.0423. The summed E-state index contributed by atoms with van der Waals surface area (Å²) in [5.74, 6) is 1.71. The molecule has 0 fully saturated rings. The maximum Gasteiger partial charge on any atom is 0.416 e. The van der Waals surface area contributed by atoms with E-state index in [-0.39, 0.29) is 29.9 Å². The number of oxazole rings is 3. The second-order valence-electron chi connectivity index (χ2n) is 13.3. The van der Waals surface area contributed by atoms with Gasteiger partial charge in [0.25, 0.3) is 6.01 Å². The molecule has 3 aromatic carbocycles. The molecular weight excluding hydrogens is 894 g/mol. The lowest BCUT2D eigenvalue weighted by Gasteiger charge is -2.06. The normalized spacial score (nSPS) is 11.8. The van der Waals surface area contributed by atoms with Crippen molar-refractivity contribution in [2.75, 3.05) is 5.73 Å². The first-order valence-electron chi connectivity index (χ1n) is 18.4. The number of nitrogen functional groups attached to an aromatic ring is 1. The molecule has 0 spiro atoms. The fraction of sp³-hybridized carbons (Fsp3) is 0.119. The lowest BCUT2D eigenvalue weighted by atomic mass is 10.1. The van der Waals surface area contributed by atoms with Gasteiger partial charge in [-0.3, -0.25) is 0 Å².